The number of rotatable bonds is 7. The van der Waals surface area contributed by atoms with Crippen LogP contribution in [0.2, 0.25) is 0 Å². The van der Waals surface area contributed by atoms with Gasteiger partial charge in [0.2, 0.25) is 5.91 Å². The second kappa shape index (κ2) is 11.0. The van der Waals surface area contributed by atoms with Gasteiger partial charge in [0, 0.05) is 50.6 Å². The van der Waals surface area contributed by atoms with Crippen LogP contribution < -0.4 is 20.7 Å². The van der Waals surface area contributed by atoms with Crippen LogP contribution in [-0.2, 0) is 4.79 Å². The predicted molar refractivity (Wildman–Crippen MR) is 131 cm³/mol. The number of ether oxygens (including phenoxy) is 1. The SMILES string of the molecule is NC(=NCCC(=O)N1CCN(c2ccccn2)CC1)Nc1cccc(Oc2ccccc2)c1. The first kappa shape index (κ1) is 22.1. The van der Waals surface area contributed by atoms with E-state index >= 15 is 0 Å². The van der Waals surface area contributed by atoms with E-state index in [1.807, 2.05) is 77.7 Å². The molecule has 8 heteroatoms. The summed E-state index contributed by atoms with van der Waals surface area (Å²) in [4.78, 5) is 25.3. The third-order valence-corrected chi connectivity index (χ3v) is 5.30. The summed E-state index contributed by atoms with van der Waals surface area (Å²) in [6.45, 7) is 3.24. The number of hydrogen-bond donors (Lipinski definition) is 2. The van der Waals surface area contributed by atoms with Gasteiger partial charge in [-0.3, -0.25) is 9.79 Å². The van der Waals surface area contributed by atoms with E-state index in [1.54, 1.807) is 6.20 Å². The lowest BCUT2D eigenvalue weighted by Crippen LogP contribution is -2.49. The largest absolute Gasteiger partial charge is 0.457 e. The molecule has 33 heavy (non-hydrogen) atoms. The number of benzene rings is 2. The predicted octanol–water partition coefficient (Wildman–Crippen LogP) is 3.34. The quantitative estimate of drug-likeness (QED) is 0.429. The number of nitrogens with one attached hydrogen (secondary N) is 1. The highest BCUT2D eigenvalue weighted by atomic mass is 16.5. The molecule has 0 spiro atoms. The van der Waals surface area contributed by atoms with Gasteiger partial charge in [-0.25, -0.2) is 4.98 Å². The van der Waals surface area contributed by atoms with Crippen molar-refractivity contribution in [3.05, 3.63) is 79.0 Å². The zero-order valence-electron chi connectivity index (χ0n) is 18.4. The maximum absolute atomic E-state index is 12.5. The number of amides is 1. The standard InChI is InChI=1S/C25H28N6O2/c26-25(29-20-7-6-10-22(19-20)33-21-8-2-1-3-9-21)28-14-12-24(32)31-17-15-30(16-18-31)23-11-4-5-13-27-23/h1-11,13,19H,12,14-18H2,(H3,26,28,29). The number of nitrogens with zero attached hydrogens (tertiary/aromatic N) is 4. The summed E-state index contributed by atoms with van der Waals surface area (Å²) >= 11 is 0. The number of carbonyl (C=O) groups excluding carboxylic acids is 1. The van der Waals surface area contributed by atoms with Gasteiger partial charge in [0.1, 0.15) is 17.3 Å². The van der Waals surface area contributed by atoms with E-state index in [4.69, 9.17) is 10.5 Å². The lowest BCUT2D eigenvalue weighted by Gasteiger charge is -2.35. The van der Waals surface area contributed by atoms with E-state index in [9.17, 15) is 4.79 Å². The molecule has 1 amide bonds. The summed E-state index contributed by atoms with van der Waals surface area (Å²) in [7, 11) is 0. The highest BCUT2D eigenvalue weighted by Gasteiger charge is 2.21. The fourth-order valence-corrected chi connectivity index (χ4v) is 3.61. The van der Waals surface area contributed by atoms with Crippen molar-refractivity contribution in [3.63, 3.8) is 0 Å². The van der Waals surface area contributed by atoms with Crippen LogP contribution in [0.5, 0.6) is 11.5 Å². The minimum absolute atomic E-state index is 0.0884. The molecule has 3 N–H and O–H groups in total. The van der Waals surface area contributed by atoms with E-state index in [1.165, 1.54) is 0 Å². The molecule has 0 unspecified atom stereocenters. The van der Waals surface area contributed by atoms with Crippen molar-refractivity contribution in [1.82, 2.24) is 9.88 Å². The highest BCUT2D eigenvalue weighted by Crippen LogP contribution is 2.23. The summed E-state index contributed by atoms with van der Waals surface area (Å²) in [5, 5.41) is 3.05. The first-order valence-electron chi connectivity index (χ1n) is 11.0. The van der Waals surface area contributed by atoms with Crippen LogP contribution in [-0.4, -0.2) is 54.5 Å². The lowest BCUT2D eigenvalue weighted by atomic mass is 10.2. The van der Waals surface area contributed by atoms with Crippen molar-refractivity contribution in [2.45, 2.75) is 6.42 Å². The summed E-state index contributed by atoms with van der Waals surface area (Å²) in [5.74, 6) is 2.76. The summed E-state index contributed by atoms with van der Waals surface area (Å²) < 4.78 is 5.84. The minimum atomic E-state index is 0.0884. The number of aromatic nitrogens is 1. The number of anilines is 2. The number of piperazine rings is 1. The van der Waals surface area contributed by atoms with Crippen LogP contribution in [0.3, 0.4) is 0 Å². The Morgan fingerprint density at radius 3 is 2.48 bits per heavy atom. The van der Waals surface area contributed by atoms with Gasteiger partial charge in [-0.2, -0.15) is 0 Å². The Morgan fingerprint density at radius 2 is 1.73 bits per heavy atom. The second-order valence-corrected chi connectivity index (χ2v) is 7.64. The van der Waals surface area contributed by atoms with E-state index in [0.717, 1.165) is 30.3 Å². The molecule has 8 nitrogen and oxygen atoms in total. The molecule has 0 bridgehead atoms. The Labute approximate surface area is 193 Å². The number of guanidine groups is 1. The van der Waals surface area contributed by atoms with Crippen molar-refractivity contribution < 1.29 is 9.53 Å². The van der Waals surface area contributed by atoms with Crippen LogP contribution in [0.25, 0.3) is 0 Å². The fraction of sp³-hybridized carbons (Fsp3) is 0.240. The van der Waals surface area contributed by atoms with Gasteiger partial charge in [-0.15, -0.1) is 0 Å². The molecule has 3 aromatic rings. The lowest BCUT2D eigenvalue weighted by molar-refractivity contribution is -0.131. The Hall–Kier alpha value is -4.07. The Kier molecular flexibility index (Phi) is 7.37. The van der Waals surface area contributed by atoms with Gasteiger partial charge in [0.15, 0.2) is 5.96 Å². The minimum Gasteiger partial charge on any atom is -0.457 e. The van der Waals surface area contributed by atoms with Crippen molar-refractivity contribution in [3.8, 4) is 11.5 Å². The number of nitrogens with two attached hydrogens (primary N) is 1. The third-order valence-electron chi connectivity index (χ3n) is 5.30. The van der Waals surface area contributed by atoms with Gasteiger partial charge in [0.25, 0.3) is 0 Å². The van der Waals surface area contributed by atoms with Crippen molar-refractivity contribution >= 4 is 23.4 Å². The Bertz CT molecular complexity index is 1070. The molecule has 0 aliphatic carbocycles. The molecule has 1 aliphatic heterocycles. The maximum Gasteiger partial charge on any atom is 0.224 e. The van der Waals surface area contributed by atoms with E-state index in [0.29, 0.717) is 31.8 Å². The molecule has 0 radical (unpaired) electrons. The monoisotopic (exact) mass is 444 g/mol. The van der Waals surface area contributed by atoms with Crippen molar-refractivity contribution in [2.75, 3.05) is 42.9 Å². The molecule has 1 saturated heterocycles. The van der Waals surface area contributed by atoms with Crippen LogP contribution in [0, 0.1) is 0 Å². The average Bonchev–Trinajstić information content (AvgIpc) is 2.85. The zero-order chi connectivity index (χ0) is 22.9. The Balaban J connectivity index is 1.22. The average molecular weight is 445 g/mol. The third kappa shape index (κ3) is 6.46. The maximum atomic E-state index is 12.5. The number of carbonyl (C=O) groups is 1. The number of pyridine rings is 1. The van der Waals surface area contributed by atoms with E-state index in [-0.39, 0.29) is 11.9 Å². The molecular weight excluding hydrogens is 416 g/mol. The van der Waals surface area contributed by atoms with Crippen molar-refractivity contribution in [2.24, 2.45) is 10.7 Å². The molecule has 0 saturated carbocycles. The molecule has 4 rings (SSSR count). The van der Waals surface area contributed by atoms with Gasteiger partial charge >= 0.3 is 0 Å². The normalized spacial score (nSPS) is 14.1. The fourth-order valence-electron chi connectivity index (χ4n) is 3.61. The topological polar surface area (TPSA) is 96.1 Å². The van der Waals surface area contributed by atoms with Gasteiger partial charge in [-0.1, -0.05) is 30.3 Å². The number of hydrogen-bond acceptors (Lipinski definition) is 5. The molecule has 2 aromatic carbocycles. The zero-order valence-corrected chi connectivity index (χ0v) is 18.4. The molecule has 1 fully saturated rings. The van der Waals surface area contributed by atoms with Gasteiger partial charge in [0.05, 0.1) is 6.54 Å². The molecule has 1 aliphatic rings. The molecular formula is C25H28N6O2. The first-order valence-corrected chi connectivity index (χ1v) is 11.0. The number of aliphatic imine (C=N–C) groups is 1. The molecule has 1 aromatic heterocycles. The summed E-state index contributed by atoms with van der Waals surface area (Å²) in [6, 6.07) is 22.9. The van der Waals surface area contributed by atoms with Gasteiger partial charge < -0.3 is 25.6 Å². The smallest absolute Gasteiger partial charge is 0.224 e. The summed E-state index contributed by atoms with van der Waals surface area (Å²) in [5.41, 5.74) is 6.78. The number of para-hydroxylation sites is 1. The first-order chi connectivity index (χ1) is 16.2. The van der Waals surface area contributed by atoms with Gasteiger partial charge in [-0.05, 0) is 36.4 Å². The van der Waals surface area contributed by atoms with Crippen LogP contribution in [0.15, 0.2) is 84.0 Å². The summed E-state index contributed by atoms with van der Waals surface area (Å²) in [6.07, 6.45) is 2.11. The molecule has 2 heterocycles. The van der Waals surface area contributed by atoms with Crippen LogP contribution >= 0.6 is 0 Å². The highest BCUT2D eigenvalue weighted by molar-refractivity contribution is 5.92. The van der Waals surface area contributed by atoms with E-state index < -0.39 is 0 Å². The van der Waals surface area contributed by atoms with Crippen LogP contribution in [0.1, 0.15) is 6.42 Å². The van der Waals surface area contributed by atoms with Crippen molar-refractivity contribution in [1.29, 1.82) is 0 Å². The molecule has 0 atom stereocenters. The van der Waals surface area contributed by atoms with E-state index in [2.05, 4.69) is 20.2 Å². The Morgan fingerprint density at radius 1 is 0.970 bits per heavy atom. The van der Waals surface area contributed by atoms with Crippen LogP contribution in [0.4, 0.5) is 11.5 Å². The molecule has 170 valence electrons. The second-order valence-electron chi connectivity index (χ2n) is 7.64.